The third-order valence-corrected chi connectivity index (χ3v) is 6.70. The summed E-state index contributed by atoms with van der Waals surface area (Å²) in [5, 5.41) is 24.6. The summed E-state index contributed by atoms with van der Waals surface area (Å²) in [6, 6.07) is 14.2. The Hall–Kier alpha value is -2.21. The van der Waals surface area contributed by atoms with Gasteiger partial charge in [-0.2, -0.15) is 0 Å². The van der Waals surface area contributed by atoms with Crippen LogP contribution in [0, 0.1) is 6.92 Å². The Kier molecular flexibility index (Phi) is 4.69. The van der Waals surface area contributed by atoms with E-state index in [9.17, 15) is 5.11 Å². The van der Waals surface area contributed by atoms with Gasteiger partial charge in [0.05, 0.1) is 17.8 Å². The number of aliphatic hydroxyl groups is 1. The van der Waals surface area contributed by atoms with Crippen LogP contribution in [0.4, 0.5) is 0 Å². The predicted molar refractivity (Wildman–Crippen MR) is 113 cm³/mol. The zero-order valence-electron chi connectivity index (χ0n) is 16.5. The quantitative estimate of drug-likeness (QED) is 0.660. The average Bonchev–Trinajstić information content (AvgIpc) is 3.04. The number of hydrogen-bond donors (Lipinski definition) is 2. The van der Waals surface area contributed by atoms with E-state index in [1.165, 1.54) is 0 Å². The van der Waals surface area contributed by atoms with Gasteiger partial charge in [0.2, 0.25) is 0 Å². The van der Waals surface area contributed by atoms with Crippen LogP contribution in [0.3, 0.4) is 0 Å². The van der Waals surface area contributed by atoms with Gasteiger partial charge in [0.1, 0.15) is 5.82 Å². The first-order valence-corrected chi connectivity index (χ1v) is 10.7. The van der Waals surface area contributed by atoms with Crippen LogP contribution in [0.5, 0.6) is 0 Å². The van der Waals surface area contributed by atoms with Gasteiger partial charge in [-0.15, -0.1) is 10.2 Å². The highest BCUT2D eigenvalue weighted by molar-refractivity contribution is 6.30. The number of nitrogens with one attached hydrogen (secondary N) is 1. The number of aryl methyl sites for hydroxylation is 1. The van der Waals surface area contributed by atoms with E-state index in [1.807, 2.05) is 24.3 Å². The molecule has 1 saturated carbocycles. The van der Waals surface area contributed by atoms with Crippen LogP contribution in [0.1, 0.15) is 59.9 Å². The normalized spacial score (nSPS) is 23.9. The molecule has 6 heteroatoms. The molecule has 0 unspecified atom stereocenters. The molecule has 150 valence electrons. The molecular weight excluding hydrogens is 384 g/mol. The lowest BCUT2D eigenvalue weighted by Crippen LogP contribution is -2.32. The maximum absolute atomic E-state index is 11.3. The summed E-state index contributed by atoms with van der Waals surface area (Å²) >= 11 is 6.23. The maximum atomic E-state index is 11.3. The molecule has 1 aliphatic heterocycles. The fraction of sp³-hybridized carbons (Fsp3) is 0.391. The zero-order valence-corrected chi connectivity index (χ0v) is 17.3. The number of hydrogen-bond acceptors (Lipinski definition) is 4. The molecule has 0 saturated heterocycles. The molecule has 0 bridgehead atoms. The van der Waals surface area contributed by atoms with Crippen molar-refractivity contribution in [3.63, 3.8) is 0 Å². The second-order valence-electron chi connectivity index (χ2n) is 8.31. The summed E-state index contributed by atoms with van der Waals surface area (Å²) in [5.74, 6) is 2.21. The SMILES string of the molecule is Cc1ccccc1C1(O)CCC(c2nnc3n2-c2ccc(Cl)cc2CNC3)CC1. The number of aromatic nitrogens is 3. The molecule has 2 aromatic carbocycles. The lowest BCUT2D eigenvalue weighted by molar-refractivity contribution is -0.00700. The molecule has 2 heterocycles. The number of halogens is 1. The first-order chi connectivity index (χ1) is 14.0. The number of fused-ring (bicyclic) bond motifs is 3. The molecular formula is C23H25ClN4O. The van der Waals surface area contributed by atoms with E-state index in [0.29, 0.717) is 6.54 Å². The Labute approximate surface area is 175 Å². The van der Waals surface area contributed by atoms with Crippen LogP contribution in [0.15, 0.2) is 42.5 Å². The minimum absolute atomic E-state index is 0.280. The smallest absolute Gasteiger partial charge is 0.151 e. The summed E-state index contributed by atoms with van der Waals surface area (Å²) in [5.41, 5.74) is 3.72. The van der Waals surface area contributed by atoms with Gasteiger partial charge in [-0.1, -0.05) is 35.9 Å². The van der Waals surface area contributed by atoms with Gasteiger partial charge in [0.25, 0.3) is 0 Å². The Balaban J connectivity index is 1.46. The number of rotatable bonds is 2. The van der Waals surface area contributed by atoms with Crippen molar-refractivity contribution < 1.29 is 5.11 Å². The molecule has 0 amide bonds. The fourth-order valence-corrected chi connectivity index (χ4v) is 5.11. The van der Waals surface area contributed by atoms with Crippen LogP contribution in [0.2, 0.25) is 5.02 Å². The van der Waals surface area contributed by atoms with Crippen LogP contribution in [-0.4, -0.2) is 19.9 Å². The van der Waals surface area contributed by atoms with E-state index in [2.05, 4.69) is 45.2 Å². The summed E-state index contributed by atoms with van der Waals surface area (Å²) in [6.07, 6.45) is 3.24. The fourth-order valence-electron chi connectivity index (χ4n) is 4.91. The van der Waals surface area contributed by atoms with Crippen LogP contribution < -0.4 is 5.32 Å². The highest BCUT2D eigenvalue weighted by Crippen LogP contribution is 2.44. The second kappa shape index (κ2) is 7.24. The van der Waals surface area contributed by atoms with Crippen molar-refractivity contribution in [2.24, 2.45) is 0 Å². The van der Waals surface area contributed by atoms with Crippen molar-refractivity contribution in [3.8, 4) is 5.69 Å². The van der Waals surface area contributed by atoms with E-state index in [4.69, 9.17) is 11.6 Å². The summed E-state index contributed by atoms with van der Waals surface area (Å²) in [6.45, 7) is 3.52. The van der Waals surface area contributed by atoms with Crippen molar-refractivity contribution >= 4 is 11.6 Å². The second-order valence-corrected chi connectivity index (χ2v) is 8.74. The van der Waals surface area contributed by atoms with E-state index < -0.39 is 5.60 Å². The van der Waals surface area contributed by atoms with Crippen molar-refractivity contribution in [1.29, 1.82) is 0 Å². The van der Waals surface area contributed by atoms with Crippen LogP contribution >= 0.6 is 11.6 Å². The van der Waals surface area contributed by atoms with Gasteiger partial charge in [-0.3, -0.25) is 4.57 Å². The molecule has 0 spiro atoms. The standard InChI is InChI=1S/C23H25ClN4O/c1-15-4-2-3-5-19(15)23(29)10-8-16(9-11-23)22-27-26-21-14-25-13-17-12-18(24)6-7-20(17)28(21)22/h2-7,12,16,25,29H,8-11,13-14H2,1H3. The molecule has 0 atom stereocenters. The first kappa shape index (κ1) is 18.8. The van der Waals surface area contributed by atoms with Gasteiger partial charge in [-0.05, 0) is 67.5 Å². The summed E-state index contributed by atoms with van der Waals surface area (Å²) < 4.78 is 2.20. The minimum atomic E-state index is -0.754. The maximum Gasteiger partial charge on any atom is 0.151 e. The molecule has 5 rings (SSSR count). The lowest BCUT2D eigenvalue weighted by Gasteiger charge is -2.37. The molecule has 5 nitrogen and oxygen atoms in total. The van der Waals surface area contributed by atoms with E-state index in [0.717, 1.165) is 71.3 Å². The van der Waals surface area contributed by atoms with E-state index >= 15 is 0 Å². The van der Waals surface area contributed by atoms with Crippen molar-refractivity contribution in [2.75, 3.05) is 0 Å². The van der Waals surface area contributed by atoms with Crippen molar-refractivity contribution in [3.05, 3.63) is 75.8 Å². The first-order valence-electron chi connectivity index (χ1n) is 10.3. The zero-order chi connectivity index (χ0) is 20.0. The highest BCUT2D eigenvalue weighted by Gasteiger charge is 2.38. The minimum Gasteiger partial charge on any atom is -0.385 e. The largest absolute Gasteiger partial charge is 0.385 e. The molecule has 0 radical (unpaired) electrons. The van der Waals surface area contributed by atoms with Gasteiger partial charge >= 0.3 is 0 Å². The van der Waals surface area contributed by atoms with Crippen LogP contribution in [0.25, 0.3) is 5.69 Å². The predicted octanol–water partition coefficient (Wildman–Crippen LogP) is 4.38. The topological polar surface area (TPSA) is 63.0 Å². The van der Waals surface area contributed by atoms with Crippen molar-refractivity contribution in [2.45, 2.75) is 57.2 Å². The summed E-state index contributed by atoms with van der Waals surface area (Å²) in [7, 11) is 0. The third-order valence-electron chi connectivity index (χ3n) is 6.46. The molecule has 1 aromatic heterocycles. The van der Waals surface area contributed by atoms with Gasteiger partial charge in [0.15, 0.2) is 5.82 Å². The molecule has 1 aliphatic carbocycles. The molecule has 3 aromatic rings. The highest BCUT2D eigenvalue weighted by atomic mass is 35.5. The Bertz CT molecular complexity index is 1050. The summed E-state index contributed by atoms with van der Waals surface area (Å²) in [4.78, 5) is 0. The Morgan fingerprint density at radius 3 is 2.69 bits per heavy atom. The number of benzene rings is 2. The lowest BCUT2D eigenvalue weighted by atomic mass is 9.74. The Morgan fingerprint density at radius 2 is 1.90 bits per heavy atom. The van der Waals surface area contributed by atoms with Crippen LogP contribution in [-0.2, 0) is 18.7 Å². The van der Waals surface area contributed by atoms with Crippen molar-refractivity contribution in [1.82, 2.24) is 20.1 Å². The number of nitrogens with zero attached hydrogens (tertiary/aromatic N) is 3. The molecule has 29 heavy (non-hydrogen) atoms. The van der Waals surface area contributed by atoms with E-state index in [-0.39, 0.29) is 5.92 Å². The monoisotopic (exact) mass is 408 g/mol. The van der Waals surface area contributed by atoms with Gasteiger partial charge < -0.3 is 10.4 Å². The Morgan fingerprint density at radius 1 is 1.10 bits per heavy atom. The molecule has 1 fully saturated rings. The third kappa shape index (κ3) is 3.27. The van der Waals surface area contributed by atoms with E-state index in [1.54, 1.807) is 0 Å². The molecule has 2 N–H and O–H groups in total. The van der Waals surface area contributed by atoms with Gasteiger partial charge in [-0.25, -0.2) is 0 Å². The van der Waals surface area contributed by atoms with Gasteiger partial charge in [0, 0.05) is 17.5 Å². The average molecular weight is 409 g/mol. The molecule has 2 aliphatic rings.